The monoisotopic (exact) mass is 319 g/mol. The molecule has 0 saturated heterocycles. The highest BCUT2D eigenvalue weighted by atomic mass is 35.5. The maximum Gasteiger partial charge on any atom is 0.320 e. The average Bonchev–Trinajstić information content (AvgIpc) is 2.52. The second-order valence-corrected chi connectivity index (χ2v) is 5.09. The van der Waals surface area contributed by atoms with Crippen LogP contribution in [0.25, 0.3) is 0 Å². The number of rotatable bonds is 6. The molecule has 6 heteroatoms. The van der Waals surface area contributed by atoms with Crippen LogP contribution in [-0.2, 0) is 6.61 Å². The van der Waals surface area contributed by atoms with Gasteiger partial charge in [0, 0.05) is 17.8 Å². The summed E-state index contributed by atoms with van der Waals surface area (Å²) in [5.41, 5.74) is 0.942. The first-order valence-corrected chi connectivity index (χ1v) is 7.44. The predicted molar refractivity (Wildman–Crippen MR) is 87.3 cm³/mol. The number of nitrogens with zero attached hydrogens (tertiary/aromatic N) is 1. The fourth-order valence-electron chi connectivity index (χ4n) is 1.78. The molecule has 0 bridgehead atoms. The summed E-state index contributed by atoms with van der Waals surface area (Å²) in [6, 6.07) is 10.6. The molecule has 2 N–H and O–H groups in total. The van der Waals surface area contributed by atoms with Gasteiger partial charge in [-0.15, -0.1) is 0 Å². The van der Waals surface area contributed by atoms with Gasteiger partial charge in [-0.3, -0.25) is 5.32 Å². The Bertz CT molecular complexity index is 634. The lowest BCUT2D eigenvalue weighted by molar-refractivity contribution is 0.251. The standard InChI is InChI=1S/C16H18ClN3O2/c1-2-8-19-16(21)20-15-14(7-4-9-18-15)22-11-12-5-3-6-13(17)10-12/h3-7,9-10H,2,8,11H2,1H3,(H2,18,19,20,21). The van der Waals surface area contributed by atoms with Crippen LogP contribution in [0.1, 0.15) is 18.9 Å². The van der Waals surface area contributed by atoms with E-state index in [2.05, 4.69) is 15.6 Å². The van der Waals surface area contributed by atoms with E-state index < -0.39 is 0 Å². The Kier molecular flexibility index (Phi) is 6.03. The van der Waals surface area contributed by atoms with Crippen LogP contribution in [0.5, 0.6) is 5.75 Å². The van der Waals surface area contributed by atoms with Crippen LogP contribution in [0.15, 0.2) is 42.6 Å². The molecular weight excluding hydrogens is 302 g/mol. The van der Waals surface area contributed by atoms with E-state index in [9.17, 15) is 4.79 Å². The molecule has 1 aromatic carbocycles. The van der Waals surface area contributed by atoms with Crippen LogP contribution >= 0.6 is 11.6 Å². The van der Waals surface area contributed by atoms with E-state index in [1.807, 2.05) is 25.1 Å². The zero-order chi connectivity index (χ0) is 15.8. The van der Waals surface area contributed by atoms with Gasteiger partial charge in [0.05, 0.1) is 0 Å². The first-order valence-electron chi connectivity index (χ1n) is 7.06. The SMILES string of the molecule is CCCNC(=O)Nc1ncccc1OCc1cccc(Cl)c1. The molecule has 1 heterocycles. The molecule has 116 valence electrons. The number of pyridine rings is 1. The molecule has 2 aromatic rings. The maximum atomic E-state index is 11.7. The van der Waals surface area contributed by atoms with Crippen molar-refractivity contribution in [1.82, 2.24) is 10.3 Å². The van der Waals surface area contributed by atoms with Crippen LogP contribution in [0.4, 0.5) is 10.6 Å². The van der Waals surface area contributed by atoms with Gasteiger partial charge in [-0.25, -0.2) is 9.78 Å². The molecule has 0 aliphatic carbocycles. The normalized spacial score (nSPS) is 10.1. The first-order chi connectivity index (χ1) is 10.7. The zero-order valence-electron chi connectivity index (χ0n) is 12.3. The lowest BCUT2D eigenvalue weighted by Crippen LogP contribution is -2.29. The van der Waals surface area contributed by atoms with Gasteiger partial charge < -0.3 is 10.1 Å². The predicted octanol–water partition coefficient (Wildman–Crippen LogP) is 3.85. The lowest BCUT2D eigenvalue weighted by Gasteiger charge is -2.12. The highest BCUT2D eigenvalue weighted by Gasteiger charge is 2.08. The van der Waals surface area contributed by atoms with E-state index in [1.165, 1.54) is 0 Å². The van der Waals surface area contributed by atoms with Gasteiger partial charge in [0.1, 0.15) is 6.61 Å². The van der Waals surface area contributed by atoms with Crippen molar-refractivity contribution in [3.8, 4) is 5.75 Å². The highest BCUT2D eigenvalue weighted by Crippen LogP contribution is 2.22. The Labute approximate surface area is 134 Å². The summed E-state index contributed by atoms with van der Waals surface area (Å²) < 4.78 is 5.72. The number of aromatic nitrogens is 1. The fourth-order valence-corrected chi connectivity index (χ4v) is 1.99. The van der Waals surface area contributed by atoms with Crippen molar-refractivity contribution in [3.63, 3.8) is 0 Å². The minimum atomic E-state index is -0.298. The summed E-state index contributed by atoms with van der Waals surface area (Å²) in [5.74, 6) is 0.896. The molecular formula is C16H18ClN3O2. The molecule has 22 heavy (non-hydrogen) atoms. The maximum absolute atomic E-state index is 11.7. The minimum absolute atomic E-state index is 0.298. The Morgan fingerprint density at radius 1 is 1.32 bits per heavy atom. The molecule has 0 aliphatic heterocycles. The number of carbonyl (C=O) groups is 1. The van der Waals surface area contributed by atoms with Gasteiger partial charge in [-0.05, 0) is 36.2 Å². The summed E-state index contributed by atoms with van der Waals surface area (Å²) in [6.45, 7) is 2.94. The number of hydrogen-bond acceptors (Lipinski definition) is 3. The van der Waals surface area contributed by atoms with Crippen molar-refractivity contribution < 1.29 is 9.53 Å². The van der Waals surface area contributed by atoms with Crippen molar-refractivity contribution in [2.24, 2.45) is 0 Å². The number of halogens is 1. The number of carbonyl (C=O) groups excluding carboxylic acids is 1. The Morgan fingerprint density at radius 2 is 2.18 bits per heavy atom. The van der Waals surface area contributed by atoms with Crippen molar-refractivity contribution in [3.05, 3.63) is 53.2 Å². The van der Waals surface area contributed by atoms with Crippen LogP contribution in [-0.4, -0.2) is 17.6 Å². The number of nitrogens with one attached hydrogen (secondary N) is 2. The van der Waals surface area contributed by atoms with Gasteiger partial charge in [-0.2, -0.15) is 0 Å². The van der Waals surface area contributed by atoms with Crippen LogP contribution < -0.4 is 15.4 Å². The second-order valence-electron chi connectivity index (χ2n) is 4.65. The molecule has 0 radical (unpaired) electrons. The molecule has 0 atom stereocenters. The molecule has 0 unspecified atom stereocenters. The highest BCUT2D eigenvalue weighted by molar-refractivity contribution is 6.30. The van der Waals surface area contributed by atoms with E-state index in [4.69, 9.17) is 16.3 Å². The first kappa shape index (κ1) is 16.1. The summed E-state index contributed by atoms with van der Waals surface area (Å²) in [7, 11) is 0. The lowest BCUT2D eigenvalue weighted by atomic mass is 10.2. The molecule has 5 nitrogen and oxygen atoms in total. The van der Waals surface area contributed by atoms with Crippen molar-refractivity contribution in [1.29, 1.82) is 0 Å². The van der Waals surface area contributed by atoms with E-state index in [0.29, 0.717) is 29.7 Å². The van der Waals surface area contributed by atoms with Crippen LogP contribution in [0.2, 0.25) is 5.02 Å². The Balaban J connectivity index is 2.00. The molecule has 0 spiro atoms. The number of ether oxygens (including phenoxy) is 1. The van der Waals surface area contributed by atoms with Gasteiger partial charge in [-0.1, -0.05) is 30.7 Å². The van der Waals surface area contributed by atoms with Crippen molar-refractivity contribution in [2.45, 2.75) is 20.0 Å². The van der Waals surface area contributed by atoms with Crippen molar-refractivity contribution in [2.75, 3.05) is 11.9 Å². The second kappa shape index (κ2) is 8.24. The summed E-state index contributed by atoms with van der Waals surface area (Å²) in [4.78, 5) is 15.8. The van der Waals surface area contributed by atoms with Crippen molar-refractivity contribution >= 4 is 23.4 Å². The smallest absolute Gasteiger partial charge is 0.320 e. The fraction of sp³-hybridized carbons (Fsp3) is 0.250. The third-order valence-corrected chi connectivity index (χ3v) is 3.06. The van der Waals surface area contributed by atoms with E-state index in [1.54, 1.807) is 24.4 Å². The van der Waals surface area contributed by atoms with Gasteiger partial charge in [0.15, 0.2) is 11.6 Å². The minimum Gasteiger partial charge on any atom is -0.485 e. The Hall–Kier alpha value is -2.27. The van der Waals surface area contributed by atoms with E-state index in [0.717, 1.165) is 12.0 Å². The van der Waals surface area contributed by atoms with Gasteiger partial charge in [0.25, 0.3) is 0 Å². The number of anilines is 1. The molecule has 0 fully saturated rings. The zero-order valence-corrected chi connectivity index (χ0v) is 13.1. The molecule has 0 saturated carbocycles. The average molecular weight is 320 g/mol. The van der Waals surface area contributed by atoms with Crippen LogP contribution in [0, 0.1) is 0 Å². The topological polar surface area (TPSA) is 63.2 Å². The molecule has 0 aliphatic rings. The largest absolute Gasteiger partial charge is 0.485 e. The summed E-state index contributed by atoms with van der Waals surface area (Å²) in [5, 5.41) is 6.06. The summed E-state index contributed by atoms with van der Waals surface area (Å²) in [6.07, 6.45) is 2.47. The molecule has 2 amide bonds. The van der Waals surface area contributed by atoms with Crippen LogP contribution in [0.3, 0.4) is 0 Å². The molecule has 2 rings (SSSR count). The van der Waals surface area contributed by atoms with E-state index in [-0.39, 0.29) is 6.03 Å². The van der Waals surface area contributed by atoms with Gasteiger partial charge >= 0.3 is 6.03 Å². The third-order valence-electron chi connectivity index (χ3n) is 2.82. The number of urea groups is 1. The number of hydrogen-bond donors (Lipinski definition) is 2. The number of benzene rings is 1. The quantitative estimate of drug-likeness (QED) is 0.850. The Morgan fingerprint density at radius 3 is 2.95 bits per heavy atom. The van der Waals surface area contributed by atoms with E-state index >= 15 is 0 Å². The molecule has 1 aromatic heterocycles. The number of amides is 2. The summed E-state index contributed by atoms with van der Waals surface area (Å²) >= 11 is 5.94. The van der Waals surface area contributed by atoms with Gasteiger partial charge in [0.2, 0.25) is 0 Å². The third kappa shape index (κ3) is 4.93.